The highest BCUT2D eigenvalue weighted by Gasteiger charge is 2.19. The molecule has 0 aliphatic carbocycles. The maximum absolute atomic E-state index is 13.1. The lowest BCUT2D eigenvalue weighted by molar-refractivity contribution is -0.383. The summed E-state index contributed by atoms with van der Waals surface area (Å²) < 4.78 is 25.0. The molecule has 0 bridgehead atoms. The van der Waals surface area contributed by atoms with Gasteiger partial charge >= 0.3 is 0 Å². The normalized spacial score (nSPS) is 10.9. The maximum atomic E-state index is 13.1. The van der Waals surface area contributed by atoms with Gasteiger partial charge in [-0.25, -0.2) is 4.39 Å². The molecule has 8 nitrogen and oxygen atoms in total. The molecule has 0 saturated heterocycles. The van der Waals surface area contributed by atoms with Crippen molar-refractivity contribution in [3.05, 3.63) is 95.8 Å². The van der Waals surface area contributed by atoms with Crippen LogP contribution in [-0.4, -0.2) is 17.9 Å². The Balaban J connectivity index is 1.84. The molecule has 35 heavy (non-hydrogen) atoms. The van der Waals surface area contributed by atoms with Gasteiger partial charge in [-0.2, -0.15) is 5.26 Å². The molecule has 0 spiro atoms. The number of nitrogens with zero attached hydrogens (tertiary/aromatic N) is 2. The van der Waals surface area contributed by atoms with Gasteiger partial charge in [-0.05, 0) is 76.2 Å². The molecule has 3 aromatic rings. The van der Waals surface area contributed by atoms with Gasteiger partial charge in [0.1, 0.15) is 29.8 Å². The summed E-state index contributed by atoms with van der Waals surface area (Å²) in [4.78, 5) is 23.2. The Bertz CT molecular complexity index is 1360. The first kappa shape index (κ1) is 25.9. The third-order valence-corrected chi connectivity index (χ3v) is 5.67. The summed E-state index contributed by atoms with van der Waals surface area (Å²) >= 11 is 7.82. The van der Waals surface area contributed by atoms with Crippen molar-refractivity contribution in [1.29, 1.82) is 5.26 Å². The second kappa shape index (κ2) is 11.6. The van der Waals surface area contributed by atoms with Gasteiger partial charge in [0.15, 0.2) is 11.5 Å². The van der Waals surface area contributed by atoms with Crippen molar-refractivity contribution in [2.45, 2.75) is 6.61 Å². The summed E-state index contributed by atoms with van der Waals surface area (Å²) in [5.74, 6) is -0.380. The quantitative estimate of drug-likeness (QED) is 0.108. The second-order valence-corrected chi connectivity index (χ2v) is 8.59. The average molecular weight is 608 g/mol. The van der Waals surface area contributed by atoms with E-state index in [1.807, 2.05) is 22.6 Å². The van der Waals surface area contributed by atoms with Gasteiger partial charge in [0.05, 0.1) is 15.6 Å². The number of nitro groups is 1. The maximum Gasteiger partial charge on any atom is 0.294 e. The summed E-state index contributed by atoms with van der Waals surface area (Å²) in [5, 5.41) is 23.3. The number of carbonyl (C=O) groups excluding carboxylic acids is 1. The molecular formula is C24H16ClFIN3O5. The number of ether oxygens (including phenoxy) is 2. The van der Waals surface area contributed by atoms with Crippen molar-refractivity contribution < 1.29 is 23.6 Å². The van der Waals surface area contributed by atoms with Crippen molar-refractivity contribution in [2.75, 3.05) is 12.4 Å². The number of hydrogen-bond donors (Lipinski definition) is 1. The predicted molar refractivity (Wildman–Crippen MR) is 137 cm³/mol. The molecule has 0 saturated carbocycles. The molecule has 0 atom stereocenters. The van der Waals surface area contributed by atoms with Crippen LogP contribution in [-0.2, 0) is 11.4 Å². The summed E-state index contributed by atoms with van der Waals surface area (Å²) in [6, 6.07) is 14.7. The van der Waals surface area contributed by atoms with Gasteiger partial charge in [-0.3, -0.25) is 14.9 Å². The van der Waals surface area contributed by atoms with Crippen LogP contribution in [0.4, 0.5) is 15.8 Å². The fourth-order valence-corrected chi connectivity index (χ4v) is 3.91. The SMILES string of the molecule is COc1cc(/C=C(\C#N)C(=O)Nc2ccc(Cl)cc2[N+](=O)[O-])cc(I)c1OCc1ccc(F)cc1. The minimum absolute atomic E-state index is 0.0951. The Kier molecular flexibility index (Phi) is 8.62. The molecule has 0 unspecified atom stereocenters. The van der Waals surface area contributed by atoms with Gasteiger partial charge in [-0.1, -0.05) is 23.7 Å². The zero-order chi connectivity index (χ0) is 25.5. The van der Waals surface area contributed by atoms with Crippen molar-refractivity contribution in [3.8, 4) is 17.6 Å². The van der Waals surface area contributed by atoms with E-state index in [2.05, 4.69) is 5.32 Å². The van der Waals surface area contributed by atoms with Crippen LogP contribution in [0.5, 0.6) is 11.5 Å². The third-order valence-electron chi connectivity index (χ3n) is 4.63. The van der Waals surface area contributed by atoms with Crippen LogP contribution in [0.25, 0.3) is 6.08 Å². The average Bonchev–Trinajstić information content (AvgIpc) is 2.83. The molecule has 0 heterocycles. The Hall–Kier alpha value is -3.69. The topological polar surface area (TPSA) is 114 Å². The van der Waals surface area contributed by atoms with Gasteiger partial charge in [0, 0.05) is 11.1 Å². The Labute approximate surface area is 218 Å². The fraction of sp³-hybridized carbons (Fsp3) is 0.0833. The summed E-state index contributed by atoms with van der Waals surface area (Å²) in [7, 11) is 1.45. The molecule has 0 aliphatic rings. The highest BCUT2D eigenvalue weighted by atomic mass is 127. The van der Waals surface area contributed by atoms with E-state index in [1.165, 1.54) is 37.5 Å². The first-order valence-corrected chi connectivity index (χ1v) is 11.3. The van der Waals surface area contributed by atoms with Gasteiger partial charge in [0.2, 0.25) is 0 Å². The Morgan fingerprint density at radius 3 is 2.60 bits per heavy atom. The number of nitriles is 1. The van der Waals surface area contributed by atoms with Crippen LogP contribution < -0.4 is 14.8 Å². The van der Waals surface area contributed by atoms with E-state index >= 15 is 0 Å². The molecule has 0 aliphatic heterocycles. The number of anilines is 1. The fourth-order valence-electron chi connectivity index (χ4n) is 2.97. The zero-order valence-corrected chi connectivity index (χ0v) is 21.0. The Morgan fingerprint density at radius 2 is 1.97 bits per heavy atom. The van der Waals surface area contributed by atoms with Crippen LogP contribution in [0.2, 0.25) is 5.02 Å². The summed E-state index contributed by atoms with van der Waals surface area (Å²) in [5.41, 5.74) is 0.446. The highest BCUT2D eigenvalue weighted by molar-refractivity contribution is 14.1. The van der Waals surface area contributed by atoms with Crippen molar-refractivity contribution in [1.82, 2.24) is 0 Å². The van der Waals surface area contributed by atoms with E-state index in [1.54, 1.807) is 30.3 Å². The lowest BCUT2D eigenvalue weighted by Gasteiger charge is -2.14. The number of halogens is 3. The minimum Gasteiger partial charge on any atom is -0.493 e. The first-order chi connectivity index (χ1) is 16.7. The van der Waals surface area contributed by atoms with Crippen molar-refractivity contribution in [2.24, 2.45) is 0 Å². The smallest absolute Gasteiger partial charge is 0.294 e. The zero-order valence-electron chi connectivity index (χ0n) is 18.1. The summed E-state index contributed by atoms with van der Waals surface area (Å²) in [6.45, 7) is 0.174. The lowest BCUT2D eigenvalue weighted by atomic mass is 10.1. The van der Waals surface area contributed by atoms with Crippen LogP contribution in [0.3, 0.4) is 0 Å². The predicted octanol–water partition coefficient (Wildman–Crippen LogP) is 6.13. The lowest BCUT2D eigenvalue weighted by Crippen LogP contribution is -2.14. The van der Waals surface area contributed by atoms with E-state index < -0.39 is 16.5 Å². The van der Waals surface area contributed by atoms with E-state index in [0.717, 1.165) is 11.6 Å². The molecule has 0 aromatic heterocycles. The first-order valence-electron chi connectivity index (χ1n) is 9.83. The minimum atomic E-state index is -0.830. The molecule has 0 radical (unpaired) electrons. The summed E-state index contributed by atoms with van der Waals surface area (Å²) in [6.07, 6.45) is 1.32. The molecule has 3 aromatic carbocycles. The number of carbonyl (C=O) groups is 1. The number of nitro benzene ring substituents is 1. The molecule has 178 valence electrons. The van der Waals surface area contributed by atoms with Crippen LogP contribution >= 0.6 is 34.2 Å². The van der Waals surface area contributed by atoms with Gasteiger partial charge in [-0.15, -0.1) is 0 Å². The standard InChI is InChI=1S/C24H16ClFIN3O5/c1-34-22-10-15(9-19(27)23(22)35-13-14-2-5-18(26)6-3-14)8-16(12-28)24(31)29-20-7-4-17(25)11-21(20)30(32)33/h2-11H,13H2,1H3,(H,29,31)/b16-8+. The van der Waals surface area contributed by atoms with Crippen LogP contribution in [0.15, 0.2) is 60.2 Å². The van der Waals surface area contributed by atoms with E-state index in [9.17, 15) is 24.6 Å². The molecule has 1 N–H and O–H groups in total. The third kappa shape index (κ3) is 6.68. The monoisotopic (exact) mass is 607 g/mol. The van der Waals surface area contributed by atoms with E-state index in [4.69, 9.17) is 21.1 Å². The number of hydrogen-bond acceptors (Lipinski definition) is 6. The number of nitrogens with one attached hydrogen (secondary N) is 1. The molecule has 0 fully saturated rings. The van der Waals surface area contributed by atoms with Crippen molar-refractivity contribution >= 4 is 57.5 Å². The number of rotatable bonds is 8. The van der Waals surface area contributed by atoms with Gasteiger partial charge < -0.3 is 14.8 Å². The Morgan fingerprint density at radius 1 is 1.26 bits per heavy atom. The van der Waals surface area contributed by atoms with E-state index in [-0.39, 0.29) is 28.7 Å². The van der Waals surface area contributed by atoms with Crippen LogP contribution in [0.1, 0.15) is 11.1 Å². The molecule has 11 heteroatoms. The van der Waals surface area contributed by atoms with E-state index in [0.29, 0.717) is 20.6 Å². The number of methoxy groups -OCH3 is 1. The number of amides is 1. The van der Waals surface area contributed by atoms with Crippen LogP contribution in [0, 0.1) is 30.8 Å². The number of benzene rings is 3. The second-order valence-electron chi connectivity index (χ2n) is 6.99. The molecule has 1 amide bonds. The largest absolute Gasteiger partial charge is 0.493 e. The molecular weight excluding hydrogens is 592 g/mol. The van der Waals surface area contributed by atoms with Crippen molar-refractivity contribution in [3.63, 3.8) is 0 Å². The van der Waals surface area contributed by atoms with Gasteiger partial charge in [0.25, 0.3) is 11.6 Å². The molecule has 3 rings (SSSR count). The highest BCUT2D eigenvalue weighted by Crippen LogP contribution is 2.35.